The quantitative estimate of drug-likeness (QED) is 0.352. The molecule has 132 valence electrons. The largest absolute Gasteiger partial charge is 0.497 e. The summed E-state index contributed by atoms with van der Waals surface area (Å²) in [5.74, 6) is 0.852. The second-order valence-electron chi connectivity index (χ2n) is 6.10. The molecule has 27 heavy (non-hydrogen) atoms. The summed E-state index contributed by atoms with van der Waals surface area (Å²) >= 11 is 3.47. The average molecular weight is 389 g/mol. The Balaban J connectivity index is 1.73. The first kappa shape index (κ1) is 16.3. The number of thiazole rings is 1. The molecule has 0 amide bonds. The predicted molar refractivity (Wildman–Crippen MR) is 114 cm³/mol. The van der Waals surface area contributed by atoms with Crippen molar-refractivity contribution in [1.82, 2.24) is 9.55 Å². The van der Waals surface area contributed by atoms with Gasteiger partial charge in [0.15, 0.2) is 0 Å². The van der Waals surface area contributed by atoms with Gasteiger partial charge in [-0.1, -0.05) is 18.2 Å². The molecular weight excluding hydrogens is 372 g/mol. The van der Waals surface area contributed by atoms with Gasteiger partial charge in [-0.2, -0.15) is 0 Å². The lowest BCUT2D eigenvalue weighted by Gasteiger charge is -2.12. The number of aromatic nitrogens is 2. The summed E-state index contributed by atoms with van der Waals surface area (Å²) in [7, 11) is 1.69. The normalized spacial score (nSPS) is 11.1. The number of thiophene rings is 1. The molecule has 3 nitrogen and oxygen atoms in total. The standard InChI is InChI=1S/C22H16N2OS2/c1-25-16-10-8-15(9-11-16)24-18(21-7-4-14-26-21)12-13-19(24)22-23-17-5-2-3-6-20(17)27-22/h2-14H,1H3. The molecule has 0 fully saturated rings. The Kier molecular flexibility index (Phi) is 4.03. The van der Waals surface area contributed by atoms with Crippen LogP contribution in [0, 0.1) is 0 Å². The third-order valence-corrected chi connectivity index (χ3v) is 6.45. The van der Waals surface area contributed by atoms with Crippen LogP contribution in [0.3, 0.4) is 0 Å². The molecule has 3 aromatic heterocycles. The number of hydrogen-bond donors (Lipinski definition) is 0. The molecule has 0 saturated carbocycles. The number of ether oxygens (including phenoxy) is 1. The van der Waals surface area contributed by atoms with Gasteiger partial charge < -0.3 is 9.30 Å². The van der Waals surface area contributed by atoms with Crippen LogP contribution >= 0.6 is 22.7 Å². The minimum Gasteiger partial charge on any atom is -0.497 e. The van der Waals surface area contributed by atoms with E-state index in [1.165, 1.54) is 15.3 Å². The van der Waals surface area contributed by atoms with Crippen LogP contribution in [0.4, 0.5) is 0 Å². The molecule has 0 aliphatic carbocycles. The van der Waals surface area contributed by atoms with Crippen LogP contribution in [0.2, 0.25) is 0 Å². The minimum atomic E-state index is 0.852. The lowest BCUT2D eigenvalue weighted by molar-refractivity contribution is 0.415. The highest BCUT2D eigenvalue weighted by Gasteiger charge is 2.17. The van der Waals surface area contributed by atoms with E-state index >= 15 is 0 Å². The van der Waals surface area contributed by atoms with Crippen molar-refractivity contribution in [2.45, 2.75) is 0 Å². The third-order valence-electron chi connectivity index (χ3n) is 4.50. The molecule has 0 aliphatic heterocycles. The zero-order valence-electron chi connectivity index (χ0n) is 14.6. The van der Waals surface area contributed by atoms with Crippen LogP contribution in [0.5, 0.6) is 5.75 Å². The molecule has 0 bridgehead atoms. The smallest absolute Gasteiger partial charge is 0.141 e. The van der Waals surface area contributed by atoms with Gasteiger partial charge in [0.25, 0.3) is 0 Å². The van der Waals surface area contributed by atoms with Crippen molar-refractivity contribution in [2.75, 3.05) is 7.11 Å². The second-order valence-corrected chi connectivity index (χ2v) is 8.08. The Bertz CT molecular complexity index is 1170. The van der Waals surface area contributed by atoms with E-state index in [9.17, 15) is 0 Å². The highest BCUT2D eigenvalue weighted by Crippen LogP contribution is 2.37. The Hall–Kier alpha value is -2.89. The molecule has 5 rings (SSSR count). The van der Waals surface area contributed by atoms with Gasteiger partial charge in [0.1, 0.15) is 10.8 Å². The summed E-state index contributed by atoms with van der Waals surface area (Å²) in [5, 5.41) is 3.13. The maximum Gasteiger partial charge on any atom is 0.141 e. The Labute approximate surface area is 165 Å². The lowest BCUT2D eigenvalue weighted by Crippen LogP contribution is -1.98. The van der Waals surface area contributed by atoms with E-state index in [1.807, 2.05) is 18.2 Å². The summed E-state index contributed by atoms with van der Waals surface area (Å²) in [6.07, 6.45) is 0. The molecule has 0 saturated heterocycles. The number of methoxy groups -OCH3 is 1. The average Bonchev–Trinajstić information content (AvgIpc) is 3.45. The SMILES string of the molecule is COc1ccc(-n2c(-c3cccs3)ccc2-c2nc3ccccc3s2)cc1. The van der Waals surface area contributed by atoms with Crippen LogP contribution < -0.4 is 4.74 Å². The van der Waals surface area contributed by atoms with Gasteiger partial charge in [-0.05, 0) is 60.0 Å². The highest BCUT2D eigenvalue weighted by molar-refractivity contribution is 7.21. The Morgan fingerprint density at radius 1 is 0.852 bits per heavy atom. The van der Waals surface area contributed by atoms with Crippen molar-refractivity contribution in [3.63, 3.8) is 0 Å². The first-order valence-electron chi connectivity index (χ1n) is 8.59. The molecule has 5 aromatic rings. The van der Waals surface area contributed by atoms with E-state index in [-0.39, 0.29) is 0 Å². The summed E-state index contributed by atoms with van der Waals surface area (Å²) < 4.78 is 8.81. The molecule has 0 atom stereocenters. The van der Waals surface area contributed by atoms with Crippen molar-refractivity contribution >= 4 is 32.9 Å². The molecule has 5 heteroatoms. The zero-order chi connectivity index (χ0) is 18.2. The van der Waals surface area contributed by atoms with Crippen molar-refractivity contribution in [3.05, 3.63) is 78.2 Å². The molecule has 0 spiro atoms. The number of hydrogen-bond acceptors (Lipinski definition) is 4. The van der Waals surface area contributed by atoms with Gasteiger partial charge in [-0.15, -0.1) is 22.7 Å². The van der Waals surface area contributed by atoms with E-state index in [0.717, 1.165) is 27.7 Å². The molecule has 0 radical (unpaired) electrons. The van der Waals surface area contributed by atoms with Crippen LogP contribution in [0.25, 0.3) is 37.2 Å². The maximum atomic E-state index is 5.33. The van der Waals surface area contributed by atoms with Gasteiger partial charge in [0.2, 0.25) is 0 Å². The fraction of sp³-hybridized carbons (Fsp3) is 0.0455. The van der Waals surface area contributed by atoms with Crippen molar-refractivity contribution in [2.24, 2.45) is 0 Å². The summed E-state index contributed by atoms with van der Waals surface area (Å²) in [6, 6.07) is 25.0. The zero-order valence-corrected chi connectivity index (χ0v) is 16.3. The molecule has 0 N–H and O–H groups in total. The van der Waals surface area contributed by atoms with Gasteiger partial charge in [0, 0.05) is 5.69 Å². The van der Waals surface area contributed by atoms with Gasteiger partial charge in [0.05, 0.1) is 33.6 Å². The number of benzene rings is 2. The number of fused-ring (bicyclic) bond motifs is 1. The van der Waals surface area contributed by atoms with Crippen molar-refractivity contribution in [3.8, 4) is 32.7 Å². The molecule has 2 aromatic carbocycles. The fourth-order valence-corrected chi connectivity index (χ4v) is 4.93. The van der Waals surface area contributed by atoms with Crippen LogP contribution in [-0.2, 0) is 0 Å². The van der Waals surface area contributed by atoms with E-state index in [0.29, 0.717) is 0 Å². The minimum absolute atomic E-state index is 0.852. The van der Waals surface area contributed by atoms with E-state index in [4.69, 9.17) is 9.72 Å². The number of para-hydroxylation sites is 1. The van der Waals surface area contributed by atoms with Crippen molar-refractivity contribution in [1.29, 1.82) is 0 Å². The van der Waals surface area contributed by atoms with E-state index < -0.39 is 0 Å². The first-order chi connectivity index (χ1) is 13.3. The van der Waals surface area contributed by atoms with Gasteiger partial charge >= 0.3 is 0 Å². The molecule has 0 unspecified atom stereocenters. The molecular formula is C22H16N2OS2. The first-order valence-corrected chi connectivity index (χ1v) is 10.3. The van der Waals surface area contributed by atoms with Crippen LogP contribution in [0.15, 0.2) is 78.2 Å². The van der Waals surface area contributed by atoms with Crippen LogP contribution in [0.1, 0.15) is 0 Å². The van der Waals surface area contributed by atoms with Crippen LogP contribution in [-0.4, -0.2) is 16.7 Å². The highest BCUT2D eigenvalue weighted by atomic mass is 32.1. The predicted octanol–water partition coefficient (Wildman–Crippen LogP) is 6.49. The molecule has 3 heterocycles. The Morgan fingerprint density at radius 2 is 1.67 bits per heavy atom. The monoisotopic (exact) mass is 388 g/mol. The van der Waals surface area contributed by atoms with Crippen molar-refractivity contribution < 1.29 is 4.74 Å². The lowest BCUT2D eigenvalue weighted by atomic mass is 10.2. The van der Waals surface area contributed by atoms with Gasteiger partial charge in [-0.25, -0.2) is 4.98 Å². The topological polar surface area (TPSA) is 27.1 Å². The van der Waals surface area contributed by atoms with E-state index in [2.05, 4.69) is 64.5 Å². The number of nitrogens with zero attached hydrogens (tertiary/aromatic N) is 2. The third kappa shape index (κ3) is 2.85. The second kappa shape index (κ2) is 6.68. The summed E-state index contributed by atoms with van der Waals surface area (Å²) in [6.45, 7) is 0. The number of rotatable bonds is 4. The summed E-state index contributed by atoms with van der Waals surface area (Å²) in [5.41, 5.74) is 4.41. The fourth-order valence-electron chi connectivity index (χ4n) is 3.21. The maximum absolute atomic E-state index is 5.33. The van der Waals surface area contributed by atoms with E-state index in [1.54, 1.807) is 29.8 Å². The van der Waals surface area contributed by atoms with Gasteiger partial charge in [-0.3, -0.25) is 0 Å². The molecule has 0 aliphatic rings. The summed E-state index contributed by atoms with van der Waals surface area (Å²) in [4.78, 5) is 6.11. The Morgan fingerprint density at radius 3 is 2.41 bits per heavy atom.